The monoisotopic (exact) mass is 665 g/mol. The van der Waals surface area contributed by atoms with Gasteiger partial charge in [-0.15, -0.1) is 0 Å². The predicted molar refractivity (Wildman–Crippen MR) is 174 cm³/mol. The average molecular weight is 668 g/mol. The Labute approximate surface area is 238 Å². The van der Waals surface area contributed by atoms with Gasteiger partial charge in [0, 0.05) is 0 Å². The molecule has 2 aliphatic rings. The SMILES string of the molecule is C[Si](C)(C)[SiH]([Si](C)(C)C)[Zr]([Cl])([Cl])([c]1cccc2c1Cc1ccccc1-2)[c]1cccc2c1Cc1ccccc1-2. The molecule has 0 atom stereocenters. The van der Waals surface area contributed by atoms with E-state index >= 15 is 0 Å². The molecule has 6 rings (SSSR count). The number of halogens is 2. The van der Waals surface area contributed by atoms with Crippen molar-refractivity contribution >= 4 is 43.7 Å². The molecule has 0 radical (unpaired) electrons. The van der Waals surface area contributed by atoms with Gasteiger partial charge in [0.1, 0.15) is 0 Å². The van der Waals surface area contributed by atoms with Crippen molar-refractivity contribution in [2.75, 3.05) is 0 Å². The van der Waals surface area contributed by atoms with E-state index < -0.39 is 35.7 Å². The summed E-state index contributed by atoms with van der Waals surface area (Å²) >= 11 is -4.92. The second-order valence-corrected chi connectivity index (χ2v) is 81.8. The first kappa shape index (κ1) is 27.2. The molecule has 0 bridgehead atoms. The van der Waals surface area contributed by atoms with Crippen LogP contribution in [0.4, 0.5) is 0 Å². The van der Waals surface area contributed by atoms with Crippen molar-refractivity contribution in [1.82, 2.24) is 0 Å². The third-order valence-electron chi connectivity index (χ3n) is 8.93. The summed E-state index contributed by atoms with van der Waals surface area (Å²) in [5.74, 6) is 0. The van der Waals surface area contributed by atoms with Gasteiger partial charge in [0.15, 0.2) is 0 Å². The Bertz CT molecular complexity index is 1480. The van der Waals surface area contributed by atoms with Crippen LogP contribution in [0.25, 0.3) is 22.3 Å². The molecule has 0 aliphatic heterocycles. The van der Waals surface area contributed by atoms with Crippen LogP contribution in [-0.2, 0) is 28.4 Å². The van der Waals surface area contributed by atoms with Gasteiger partial charge in [-0.25, -0.2) is 0 Å². The number of hydrogen-bond donors (Lipinski definition) is 0. The molecule has 0 saturated carbocycles. The molecule has 2 aliphatic carbocycles. The molecule has 6 heteroatoms. The molecule has 38 heavy (non-hydrogen) atoms. The fourth-order valence-corrected chi connectivity index (χ4v) is 222. The molecular formula is C32H37Cl2Si3Zr. The first-order valence-electron chi connectivity index (χ1n) is 13.8. The minimum atomic E-state index is -4.92. The van der Waals surface area contributed by atoms with Crippen LogP contribution < -0.4 is 6.54 Å². The number of rotatable bonds is 5. The van der Waals surface area contributed by atoms with Gasteiger partial charge in [-0.2, -0.15) is 0 Å². The number of hydrogen-bond acceptors (Lipinski definition) is 0. The standard InChI is InChI=1S/2C13H9.C6H19Si3.2ClH.Zr/c2*1-3-7-12-10(5-1)9-11-6-2-4-8-13(11)12;1-8(2,3)7-9(4,5)6;;;/h2*1-5,7-8H,9H2;7H,1-6H3;2*1H;/q;;;;;+2/p-2. The Kier molecular flexibility index (Phi) is 6.43. The van der Waals surface area contributed by atoms with Gasteiger partial charge in [-0.3, -0.25) is 0 Å². The first-order chi connectivity index (χ1) is 17.8. The maximum absolute atomic E-state index is 8.74. The van der Waals surface area contributed by atoms with E-state index in [1.807, 2.05) is 0 Å². The zero-order chi connectivity index (χ0) is 27.1. The van der Waals surface area contributed by atoms with Crippen LogP contribution in [0.3, 0.4) is 0 Å². The Morgan fingerprint density at radius 2 is 0.895 bits per heavy atom. The van der Waals surface area contributed by atoms with Gasteiger partial charge in [0.2, 0.25) is 0 Å². The van der Waals surface area contributed by atoms with Gasteiger partial charge in [0.25, 0.3) is 0 Å². The van der Waals surface area contributed by atoms with Crippen molar-refractivity contribution in [1.29, 1.82) is 0 Å². The van der Waals surface area contributed by atoms with E-state index in [1.54, 1.807) is 0 Å². The normalized spacial score (nSPS) is 15.4. The van der Waals surface area contributed by atoms with E-state index in [9.17, 15) is 0 Å². The van der Waals surface area contributed by atoms with Crippen LogP contribution in [0.1, 0.15) is 22.3 Å². The van der Waals surface area contributed by atoms with E-state index in [-0.39, 0.29) is 0 Å². The summed E-state index contributed by atoms with van der Waals surface area (Å²) in [6.07, 6.45) is 1.89. The third kappa shape index (κ3) is 3.96. The fourth-order valence-electron chi connectivity index (χ4n) is 8.45. The molecule has 0 spiro atoms. The molecule has 0 amide bonds. The predicted octanol–water partition coefficient (Wildman–Crippen LogP) is 8.33. The van der Waals surface area contributed by atoms with Crippen molar-refractivity contribution in [2.24, 2.45) is 0 Å². The van der Waals surface area contributed by atoms with Crippen molar-refractivity contribution in [3.63, 3.8) is 0 Å². The summed E-state index contributed by atoms with van der Waals surface area (Å²) in [5.41, 5.74) is 11.1. The van der Waals surface area contributed by atoms with E-state index in [2.05, 4.69) is 124 Å². The van der Waals surface area contributed by atoms with Crippen molar-refractivity contribution in [3.05, 3.63) is 107 Å². The van der Waals surface area contributed by atoms with Crippen LogP contribution in [0.15, 0.2) is 84.9 Å². The molecule has 4 aromatic rings. The first-order valence-corrected chi connectivity index (χ1v) is 38.0. The molecule has 0 N–H and O–H groups in total. The Morgan fingerprint density at radius 1 is 0.526 bits per heavy atom. The van der Waals surface area contributed by atoms with Crippen LogP contribution in [0.5, 0.6) is 0 Å². The number of fused-ring (bicyclic) bond motifs is 6. The molecule has 0 fully saturated rings. The van der Waals surface area contributed by atoms with E-state index in [1.165, 1.54) is 51.1 Å². The van der Waals surface area contributed by atoms with E-state index in [0.717, 1.165) is 12.8 Å². The topological polar surface area (TPSA) is 0 Å². The Morgan fingerprint density at radius 3 is 1.29 bits per heavy atom. The van der Waals surface area contributed by atoms with E-state index in [4.69, 9.17) is 17.0 Å². The van der Waals surface area contributed by atoms with Crippen molar-refractivity contribution < 1.29 is 15.6 Å². The van der Waals surface area contributed by atoms with Crippen LogP contribution in [-0.4, -0.2) is 20.1 Å². The molecule has 195 valence electrons. The molecular weight excluding hydrogens is 631 g/mol. The molecule has 0 saturated heterocycles. The summed E-state index contributed by atoms with van der Waals surface area (Å²) in [5, 5.41) is 0. The van der Waals surface area contributed by atoms with Gasteiger partial charge >= 0.3 is 241 Å². The fraction of sp³-hybridized carbons (Fsp3) is 0.250. The summed E-state index contributed by atoms with van der Waals surface area (Å²) in [4.78, 5) is -1.65. The Balaban J connectivity index is 1.72. The maximum atomic E-state index is 8.74. The molecule has 0 heterocycles. The molecule has 0 aromatic heterocycles. The zero-order valence-corrected chi connectivity index (χ0v) is 30.5. The van der Waals surface area contributed by atoms with Gasteiger partial charge < -0.3 is 0 Å². The van der Waals surface area contributed by atoms with Crippen LogP contribution in [0, 0.1) is 0 Å². The van der Waals surface area contributed by atoms with Crippen molar-refractivity contribution in [3.8, 4) is 22.3 Å². The minimum absolute atomic E-state index is 0.943. The molecule has 0 nitrogen and oxygen atoms in total. The Hall–Kier alpha value is -1.01. The summed E-state index contributed by atoms with van der Waals surface area (Å²) in [7, 11) is 14.1. The van der Waals surface area contributed by atoms with E-state index in [0.29, 0.717) is 0 Å². The van der Waals surface area contributed by atoms with Gasteiger partial charge in [0.05, 0.1) is 0 Å². The van der Waals surface area contributed by atoms with Crippen LogP contribution in [0.2, 0.25) is 39.3 Å². The van der Waals surface area contributed by atoms with Gasteiger partial charge in [-0.1, -0.05) is 0 Å². The molecule has 4 aromatic carbocycles. The van der Waals surface area contributed by atoms with Crippen LogP contribution >= 0.6 is 17.0 Å². The second-order valence-electron chi connectivity index (χ2n) is 13.6. The van der Waals surface area contributed by atoms with Gasteiger partial charge in [-0.05, 0) is 0 Å². The third-order valence-corrected chi connectivity index (χ3v) is 142. The summed E-state index contributed by atoms with van der Waals surface area (Å²) < 4.78 is 2.74. The quantitative estimate of drug-likeness (QED) is 0.162. The average Bonchev–Trinajstić information content (AvgIpc) is 3.40. The second kappa shape index (κ2) is 9.00. The summed E-state index contributed by atoms with van der Waals surface area (Å²) in [6, 6.07) is 31.7. The number of benzene rings is 4. The summed E-state index contributed by atoms with van der Waals surface area (Å²) in [6.45, 7) is 15.5. The van der Waals surface area contributed by atoms with Crippen molar-refractivity contribution in [2.45, 2.75) is 52.1 Å². The molecule has 0 unspecified atom stereocenters. The zero-order valence-electron chi connectivity index (χ0n) is 23.3.